The van der Waals surface area contributed by atoms with E-state index in [1.807, 2.05) is 17.5 Å². The van der Waals surface area contributed by atoms with Crippen molar-refractivity contribution in [2.45, 2.75) is 31.1 Å². The average molecular weight is 342 g/mol. The fraction of sp³-hybridized carbons (Fsp3) is 0.333. The summed E-state index contributed by atoms with van der Waals surface area (Å²) in [6.07, 6.45) is 3.04. The summed E-state index contributed by atoms with van der Waals surface area (Å²) in [7, 11) is 0. The van der Waals surface area contributed by atoms with Crippen LogP contribution in [0.25, 0.3) is 0 Å². The van der Waals surface area contributed by atoms with Crippen LogP contribution in [0.2, 0.25) is 10.0 Å². The fourth-order valence-electron chi connectivity index (χ4n) is 2.77. The molecule has 3 nitrogen and oxygen atoms in total. The molecule has 1 aromatic heterocycles. The molecule has 1 aliphatic carbocycles. The van der Waals surface area contributed by atoms with Crippen LogP contribution in [-0.2, 0) is 16.6 Å². The maximum Gasteiger partial charge on any atom is 0.309 e. The van der Waals surface area contributed by atoms with Gasteiger partial charge in [0.15, 0.2) is 0 Å². The maximum atomic E-state index is 10.8. The third-order valence-corrected chi connectivity index (χ3v) is 5.59. The van der Waals surface area contributed by atoms with Gasteiger partial charge >= 0.3 is 5.97 Å². The minimum Gasteiger partial charge on any atom is -0.481 e. The molecule has 0 bridgehead atoms. The van der Waals surface area contributed by atoms with Crippen molar-refractivity contribution in [1.82, 2.24) is 4.98 Å². The summed E-state index contributed by atoms with van der Waals surface area (Å²) >= 11 is 13.9. The number of nitrogens with zero attached hydrogens (tertiary/aromatic N) is 1. The Morgan fingerprint density at radius 1 is 1.38 bits per heavy atom. The van der Waals surface area contributed by atoms with Crippen LogP contribution in [0.5, 0.6) is 0 Å². The lowest BCUT2D eigenvalue weighted by molar-refractivity contribution is -0.136. The van der Waals surface area contributed by atoms with E-state index >= 15 is 0 Å². The smallest absolute Gasteiger partial charge is 0.309 e. The van der Waals surface area contributed by atoms with Crippen molar-refractivity contribution in [3.8, 4) is 0 Å². The van der Waals surface area contributed by atoms with Crippen molar-refractivity contribution in [1.29, 1.82) is 0 Å². The molecule has 1 N–H and O–H groups in total. The average Bonchev–Trinajstić information content (AvgIpc) is 2.78. The third-order valence-electron chi connectivity index (χ3n) is 3.95. The lowest BCUT2D eigenvalue weighted by Gasteiger charge is -2.41. The number of aromatic nitrogens is 1. The lowest BCUT2D eigenvalue weighted by Crippen LogP contribution is -2.35. The Morgan fingerprint density at radius 2 is 2.14 bits per heavy atom. The first-order valence-electron chi connectivity index (χ1n) is 6.63. The van der Waals surface area contributed by atoms with E-state index < -0.39 is 5.97 Å². The molecule has 0 spiro atoms. The van der Waals surface area contributed by atoms with Crippen molar-refractivity contribution in [2.75, 3.05) is 0 Å². The van der Waals surface area contributed by atoms with E-state index in [0.29, 0.717) is 15.7 Å². The largest absolute Gasteiger partial charge is 0.481 e. The molecule has 1 heterocycles. The Morgan fingerprint density at radius 3 is 2.71 bits per heavy atom. The number of benzene rings is 1. The summed E-state index contributed by atoms with van der Waals surface area (Å²) in [5, 5.41) is 12.9. The van der Waals surface area contributed by atoms with Crippen LogP contribution in [0.4, 0.5) is 0 Å². The molecule has 1 fully saturated rings. The monoisotopic (exact) mass is 341 g/mol. The van der Waals surface area contributed by atoms with Crippen LogP contribution < -0.4 is 0 Å². The highest BCUT2D eigenvalue weighted by molar-refractivity contribution is 7.09. The highest BCUT2D eigenvalue weighted by atomic mass is 35.5. The van der Waals surface area contributed by atoms with Gasteiger partial charge in [0.2, 0.25) is 0 Å². The summed E-state index contributed by atoms with van der Waals surface area (Å²) in [4.78, 5) is 15.3. The normalized spacial score (nSPS) is 16.5. The number of rotatable bonds is 4. The highest BCUT2D eigenvalue weighted by Gasteiger charge is 2.44. The van der Waals surface area contributed by atoms with Crippen molar-refractivity contribution >= 4 is 40.5 Å². The first kappa shape index (κ1) is 14.8. The summed E-state index contributed by atoms with van der Waals surface area (Å²) < 4.78 is 0. The number of hydrogen-bond acceptors (Lipinski definition) is 3. The standard InChI is InChI=1S/C15H13Cl2NO2S/c16-9-2-3-11(12(17)6-9)15(4-1-5-15)14-18-10(8-21-14)7-13(19)20/h2-3,6,8H,1,4-5,7H2,(H,19,20). The molecule has 0 amide bonds. The molecular formula is C15H13Cl2NO2S. The van der Waals surface area contributed by atoms with Crippen molar-refractivity contribution < 1.29 is 9.90 Å². The molecule has 1 aromatic carbocycles. The Kier molecular flexibility index (Phi) is 3.95. The van der Waals surface area contributed by atoms with Gasteiger partial charge in [-0.15, -0.1) is 11.3 Å². The Labute approximate surface area is 136 Å². The number of carbonyl (C=O) groups is 1. The van der Waals surface area contributed by atoms with E-state index in [1.54, 1.807) is 6.07 Å². The predicted molar refractivity (Wildman–Crippen MR) is 84.5 cm³/mol. The zero-order valence-corrected chi connectivity index (χ0v) is 13.4. The topological polar surface area (TPSA) is 50.2 Å². The lowest BCUT2D eigenvalue weighted by atomic mass is 9.65. The molecule has 110 valence electrons. The Hall–Kier alpha value is -1.10. The molecule has 2 aromatic rings. The summed E-state index contributed by atoms with van der Waals surface area (Å²) in [5.41, 5.74) is 1.47. The van der Waals surface area contributed by atoms with Crippen LogP contribution in [0.1, 0.15) is 35.5 Å². The molecule has 3 rings (SSSR count). The van der Waals surface area contributed by atoms with E-state index in [-0.39, 0.29) is 11.8 Å². The summed E-state index contributed by atoms with van der Waals surface area (Å²) in [5.74, 6) is -0.862. The quantitative estimate of drug-likeness (QED) is 0.887. The number of hydrogen-bond donors (Lipinski definition) is 1. The zero-order chi connectivity index (χ0) is 15.0. The van der Waals surface area contributed by atoms with Gasteiger partial charge in [0.05, 0.1) is 12.1 Å². The fourth-order valence-corrected chi connectivity index (χ4v) is 4.45. The number of carboxylic acids is 1. The number of halogens is 2. The molecule has 1 aliphatic rings. The molecule has 6 heteroatoms. The second-order valence-electron chi connectivity index (χ2n) is 5.27. The second kappa shape index (κ2) is 5.59. The van der Waals surface area contributed by atoms with E-state index in [9.17, 15) is 4.79 Å². The minimum absolute atomic E-state index is 0.0407. The molecule has 0 unspecified atom stereocenters. The highest BCUT2D eigenvalue weighted by Crippen LogP contribution is 2.52. The van der Waals surface area contributed by atoms with Crippen LogP contribution in [-0.4, -0.2) is 16.1 Å². The van der Waals surface area contributed by atoms with Crippen molar-refractivity contribution in [2.24, 2.45) is 0 Å². The molecule has 21 heavy (non-hydrogen) atoms. The second-order valence-corrected chi connectivity index (χ2v) is 6.98. The summed E-state index contributed by atoms with van der Waals surface area (Å²) in [6.45, 7) is 0. The van der Waals surface area contributed by atoms with Gasteiger partial charge in [0.25, 0.3) is 0 Å². The van der Waals surface area contributed by atoms with Gasteiger partial charge in [-0.2, -0.15) is 0 Å². The molecule has 1 saturated carbocycles. The summed E-state index contributed by atoms with van der Waals surface area (Å²) in [6, 6.07) is 5.56. The van der Waals surface area contributed by atoms with Crippen molar-refractivity contribution in [3.05, 3.63) is 49.9 Å². The van der Waals surface area contributed by atoms with Crippen molar-refractivity contribution in [3.63, 3.8) is 0 Å². The van der Waals surface area contributed by atoms with Crippen LogP contribution in [0.15, 0.2) is 23.6 Å². The van der Waals surface area contributed by atoms with E-state index in [2.05, 4.69) is 4.98 Å². The number of aliphatic carboxylic acids is 1. The third kappa shape index (κ3) is 2.68. The van der Waals surface area contributed by atoms with Gasteiger partial charge < -0.3 is 5.11 Å². The van der Waals surface area contributed by atoms with Crippen LogP contribution >= 0.6 is 34.5 Å². The van der Waals surface area contributed by atoms with Gasteiger partial charge in [-0.25, -0.2) is 4.98 Å². The Balaban J connectivity index is 2.00. The molecular weight excluding hydrogens is 329 g/mol. The van der Waals surface area contributed by atoms with Gasteiger partial charge in [0.1, 0.15) is 5.01 Å². The SMILES string of the molecule is O=C(O)Cc1csc(C2(c3ccc(Cl)cc3Cl)CCC2)n1. The van der Waals surface area contributed by atoms with Gasteiger partial charge in [0, 0.05) is 20.8 Å². The van der Waals surface area contributed by atoms with Gasteiger partial charge in [-0.3, -0.25) is 4.79 Å². The van der Waals surface area contributed by atoms with Crippen LogP contribution in [0, 0.1) is 0 Å². The van der Waals surface area contributed by atoms with Gasteiger partial charge in [-0.05, 0) is 30.5 Å². The van der Waals surface area contributed by atoms with Gasteiger partial charge in [-0.1, -0.05) is 35.7 Å². The van der Waals surface area contributed by atoms with Crippen LogP contribution in [0.3, 0.4) is 0 Å². The number of carboxylic acid groups (broad SMARTS) is 1. The minimum atomic E-state index is -0.862. The Bertz CT molecular complexity index is 695. The molecule has 0 radical (unpaired) electrons. The molecule has 0 atom stereocenters. The van der Waals surface area contributed by atoms with E-state index in [4.69, 9.17) is 28.3 Å². The first-order valence-corrected chi connectivity index (χ1v) is 8.27. The first-order chi connectivity index (χ1) is 10.0. The predicted octanol–water partition coefficient (Wildman–Crippen LogP) is 4.55. The van der Waals surface area contributed by atoms with E-state index in [0.717, 1.165) is 29.8 Å². The molecule has 0 aliphatic heterocycles. The zero-order valence-electron chi connectivity index (χ0n) is 11.1. The van der Waals surface area contributed by atoms with E-state index in [1.165, 1.54) is 11.3 Å². The number of thiazole rings is 1. The maximum absolute atomic E-state index is 10.8. The molecule has 0 saturated heterocycles.